The van der Waals surface area contributed by atoms with E-state index in [2.05, 4.69) is 5.32 Å². The number of hydrogen-bond donors (Lipinski definition) is 1. The average Bonchev–Trinajstić information content (AvgIpc) is 3.57. The van der Waals surface area contributed by atoms with Crippen molar-refractivity contribution in [1.29, 1.82) is 0 Å². The molecule has 4 aromatic rings. The highest BCUT2D eigenvalue weighted by atomic mass is 35.5. The van der Waals surface area contributed by atoms with Gasteiger partial charge < -0.3 is 10.2 Å². The van der Waals surface area contributed by atoms with Crippen molar-refractivity contribution in [3.63, 3.8) is 0 Å². The van der Waals surface area contributed by atoms with Crippen LogP contribution in [0.25, 0.3) is 0 Å². The number of carbonyl (C=O) groups excluding carboxylic acids is 2. The van der Waals surface area contributed by atoms with E-state index in [1.807, 2.05) is 30.3 Å². The summed E-state index contributed by atoms with van der Waals surface area (Å²) in [5.74, 6) is -1.56. The third kappa shape index (κ3) is 7.95. The van der Waals surface area contributed by atoms with Gasteiger partial charge in [-0.15, -0.1) is 0 Å². The van der Waals surface area contributed by atoms with Gasteiger partial charge in [-0.25, -0.2) is 12.8 Å². The van der Waals surface area contributed by atoms with Gasteiger partial charge in [0.2, 0.25) is 11.8 Å². The molecule has 1 aliphatic carbocycles. The summed E-state index contributed by atoms with van der Waals surface area (Å²) < 4.78 is 44.3. The Kier molecular flexibility index (Phi) is 10.8. The predicted octanol–water partition coefficient (Wildman–Crippen LogP) is 6.68. The van der Waals surface area contributed by atoms with Gasteiger partial charge >= 0.3 is 0 Å². The second kappa shape index (κ2) is 14.9. The van der Waals surface area contributed by atoms with Crippen LogP contribution < -0.4 is 9.62 Å². The third-order valence-electron chi connectivity index (χ3n) is 8.32. The molecule has 1 saturated carbocycles. The fraction of sp³-hybridized carbons (Fsp3) is 0.278. The van der Waals surface area contributed by atoms with Gasteiger partial charge in [-0.2, -0.15) is 0 Å². The molecule has 0 aliphatic heterocycles. The summed E-state index contributed by atoms with van der Waals surface area (Å²) in [6, 6.07) is 26.8. The van der Waals surface area contributed by atoms with Gasteiger partial charge in [-0.1, -0.05) is 97.2 Å². The highest BCUT2D eigenvalue weighted by Gasteiger charge is 2.36. The largest absolute Gasteiger partial charge is 0.352 e. The minimum atomic E-state index is -4.26. The van der Waals surface area contributed by atoms with E-state index in [-0.39, 0.29) is 41.1 Å². The molecule has 5 rings (SSSR count). The quantitative estimate of drug-likeness (QED) is 0.184. The fourth-order valence-electron chi connectivity index (χ4n) is 5.72. The van der Waals surface area contributed by atoms with E-state index in [0.29, 0.717) is 5.02 Å². The Morgan fingerprint density at radius 1 is 0.913 bits per heavy atom. The summed E-state index contributed by atoms with van der Waals surface area (Å²) in [6.07, 6.45) is 3.82. The summed E-state index contributed by atoms with van der Waals surface area (Å²) in [6.45, 7) is 0.905. The maximum absolute atomic E-state index is 15.1. The van der Waals surface area contributed by atoms with Crippen LogP contribution in [0, 0.1) is 12.7 Å². The van der Waals surface area contributed by atoms with Gasteiger partial charge in [0.15, 0.2) is 0 Å². The molecule has 0 aromatic heterocycles. The Morgan fingerprint density at radius 2 is 1.54 bits per heavy atom. The van der Waals surface area contributed by atoms with Gasteiger partial charge in [0.05, 0.1) is 10.6 Å². The molecule has 1 fully saturated rings. The molecule has 2 amide bonds. The lowest BCUT2D eigenvalue weighted by Gasteiger charge is -2.34. The van der Waals surface area contributed by atoms with Crippen molar-refractivity contribution in [3.05, 3.63) is 131 Å². The predicted molar refractivity (Wildman–Crippen MR) is 178 cm³/mol. The van der Waals surface area contributed by atoms with Gasteiger partial charge in [-0.05, 0) is 61.2 Å². The summed E-state index contributed by atoms with van der Waals surface area (Å²) >= 11 is 6.43. The monoisotopic (exact) mass is 661 g/mol. The summed E-state index contributed by atoms with van der Waals surface area (Å²) in [5.41, 5.74) is 1.94. The number of nitrogens with zero attached hydrogens (tertiary/aromatic N) is 2. The Hall–Kier alpha value is -4.21. The molecule has 0 spiro atoms. The number of halogens is 2. The van der Waals surface area contributed by atoms with Gasteiger partial charge in [0, 0.05) is 29.6 Å². The van der Waals surface area contributed by atoms with Gasteiger partial charge in [-0.3, -0.25) is 13.9 Å². The zero-order valence-corrected chi connectivity index (χ0v) is 27.2. The van der Waals surface area contributed by atoms with Crippen molar-refractivity contribution >= 4 is 39.1 Å². The van der Waals surface area contributed by atoms with E-state index in [0.717, 1.165) is 41.1 Å². The molecule has 1 unspecified atom stereocenters. The number of nitrogens with one attached hydrogen (secondary N) is 1. The molecule has 7 nitrogen and oxygen atoms in total. The Bertz CT molecular complexity index is 1770. The van der Waals surface area contributed by atoms with Crippen LogP contribution in [-0.2, 0) is 32.6 Å². The van der Waals surface area contributed by atoms with Crippen LogP contribution in [0.5, 0.6) is 0 Å². The van der Waals surface area contributed by atoms with Gasteiger partial charge in [0.25, 0.3) is 10.0 Å². The van der Waals surface area contributed by atoms with E-state index >= 15 is 4.39 Å². The lowest BCUT2D eigenvalue weighted by molar-refractivity contribution is -0.140. The zero-order valence-electron chi connectivity index (χ0n) is 25.6. The van der Waals surface area contributed by atoms with Crippen LogP contribution in [0.2, 0.25) is 5.02 Å². The first-order chi connectivity index (χ1) is 22.1. The molecule has 1 atom stereocenters. The molecular weight excluding hydrogens is 625 g/mol. The van der Waals surface area contributed by atoms with Crippen LogP contribution in [0.4, 0.5) is 10.1 Å². The molecule has 10 heteroatoms. The molecule has 240 valence electrons. The maximum atomic E-state index is 15.1. The molecule has 0 heterocycles. The highest BCUT2D eigenvalue weighted by molar-refractivity contribution is 7.92. The minimum Gasteiger partial charge on any atom is -0.352 e. The normalized spacial score (nSPS) is 14.1. The fourth-order valence-corrected chi connectivity index (χ4v) is 7.32. The number of anilines is 1. The summed E-state index contributed by atoms with van der Waals surface area (Å²) in [4.78, 5) is 29.9. The first-order valence-corrected chi connectivity index (χ1v) is 17.2. The molecule has 46 heavy (non-hydrogen) atoms. The molecule has 0 radical (unpaired) electrons. The van der Waals surface area contributed by atoms with E-state index in [1.165, 1.54) is 29.2 Å². The van der Waals surface area contributed by atoms with Crippen LogP contribution in [-0.4, -0.2) is 43.8 Å². The highest BCUT2D eigenvalue weighted by Crippen LogP contribution is 2.29. The third-order valence-corrected chi connectivity index (χ3v) is 10.5. The van der Waals surface area contributed by atoms with Crippen molar-refractivity contribution in [2.75, 3.05) is 10.8 Å². The van der Waals surface area contributed by atoms with Crippen LogP contribution in [0.3, 0.4) is 0 Å². The van der Waals surface area contributed by atoms with Crippen LogP contribution in [0.15, 0.2) is 108 Å². The zero-order chi connectivity index (χ0) is 32.7. The van der Waals surface area contributed by atoms with Gasteiger partial charge in [0.1, 0.15) is 18.4 Å². The number of benzene rings is 4. The molecule has 0 saturated heterocycles. The summed E-state index contributed by atoms with van der Waals surface area (Å²) in [7, 11) is -4.26. The van der Waals surface area contributed by atoms with Crippen molar-refractivity contribution in [2.45, 2.75) is 62.6 Å². The van der Waals surface area contributed by atoms with E-state index < -0.39 is 34.3 Å². The second-order valence-corrected chi connectivity index (χ2v) is 13.8. The molecule has 1 aliphatic rings. The Morgan fingerprint density at radius 3 is 2.20 bits per heavy atom. The van der Waals surface area contributed by atoms with E-state index in [9.17, 15) is 18.0 Å². The summed E-state index contributed by atoms with van der Waals surface area (Å²) in [5, 5.41) is 3.45. The number of sulfonamides is 1. The number of carbonyl (C=O) groups is 2. The molecule has 1 N–H and O–H groups in total. The number of aryl methyl sites for hydroxylation is 1. The molecule has 0 bridgehead atoms. The number of hydrogen-bond acceptors (Lipinski definition) is 4. The first kappa shape index (κ1) is 33.2. The maximum Gasteiger partial charge on any atom is 0.264 e. The Labute approximate surface area is 275 Å². The topological polar surface area (TPSA) is 86.8 Å². The van der Waals surface area contributed by atoms with Crippen LogP contribution in [0.1, 0.15) is 42.4 Å². The second-order valence-electron chi connectivity index (χ2n) is 11.6. The Balaban J connectivity index is 1.58. The van der Waals surface area contributed by atoms with E-state index in [1.54, 1.807) is 55.5 Å². The van der Waals surface area contributed by atoms with E-state index in [4.69, 9.17) is 11.6 Å². The average molecular weight is 662 g/mol. The number of amides is 2. The molecular formula is C36H37ClFN3O4S. The van der Waals surface area contributed by atoms with Crippen molar-refractivity contribution in [1.82, 2.24) is 10.2 Å². The van der Waals surface area contributed by atoms with Crippen molar-refractivity contribution < 1.29 is 22.4 Å². The lowest BCUT2D eigenvalue weighted by Crippen LogP contribution is -2.54. The lowest BCUT2D eigenvalue weighted by atomic mass is 10.0. The smallest absolute Gasteiger partial charge is 0.264 e. The number of rotatable bonds is 12. The molecule has 4 aromatic carbocycles. The van der Waals surface area contributed by atoms with Crippen molar-refractivity contribution in [3.8, 4) is 0 Å². The SMILES string of the molecule is Cc1ccc(N(CC(=O)N(Cc2ccccc2F)C(Cc2ccccc2)C(=O)NC2CCCC2)S(=O)(=O)c2ccccc2)cc1Cl. The van der Waals surface area contributed by atoms with Crippen LogP contribution >= 0.6 is 11.6 Å². The minimum absolute atomic E-state index is 0.0139. The standard InChI is InChI=1S/C36H37ClFN3O4S/c1-26-20-21-30(23-32(26)37)41(46(44,45)31-17-6-3-7-18-31)25-35(42)40(24-28-14-8-11-19-33(28)38)34(22-27-12-4-2-5-13-27)36(43)39-29-15-9-10-16-29/h2-8,11-14,17-21,23,29,34H,9-10,15-16,22,24-25H2,1H3,(H,39,43). The van der Waals surface area contributed by atoms with Crippen molar-refractivity contribution in [2.24, 2.45) is 0 Å². The first-order valence-electron chi connectivity index (χ1n) is 15.3.